The van der Waals surface area contributed by atoms with Gasteiger partial charge in [0, 0.05) is 105 Å². The second-order valence-corrected chi connectivity index (χ2v) is 27.4. The van der Waals surface area contributed by atoms with Crippen molar-refractivity contribution in [2.45, 2.75) is 130 Å². The molecular weight excluding hydrogens is 1160 g/mol. The van der Waals surface area contributed by atoms with E-state index in [1.807, 2.05) is 24.8 Å². The molecule has 3 aromatic carbocycles. The van der Waals surface area contributed by atoms with Crippen LogP contribution >= 0.6 is 45.3 Å². The summed E-state index contributed by atoms with van der Waals surface area (Å²) >= 11 is 6.29. The number of anilines is 4. The van der Waals surface area contributed by atoms with Crippen molar-refractivity contribution < 1.29 is 19.2 Å². The molecule has 21 heteroatoms. The van der Waals surface area contributed by atoms with Gasteiger partial charge in [0.15, 0.2) is 20.5 Å². The number of aryl methyl sites for hydroxylation is 1. The van der Waals surface area contributed by atoms with Crippen LogP contribution in [0, 0.1) is 12.8 Å². The number of carbonyl (C=O) groups excluding carboxylic acids is 4. The third-order valence-corrected chi connectivity index (χ3v) is 20.0. The number of rotatable bonds is 15. The molecule has 4 saturated heterocycles. The first kappa shape index (κ1) is 65.7. The van der Waals surface area contributed by atoms with Gasteiger partial charge in [-0.1, -0.05) is 97.4 Å². The minimum atomic E-state index is -0.227. The predicted molar refractivity (Wildman–Crippen MR) is 354 cm³/mol. The zero-order chi connectivity index (χ0) is 60.8. The molecule has 4 aliphatic heterocycles. The van der Waals surface area contributed by atoms with E-state index in [0.29, 0.717) is 33.1 Å². The lowest BCUT2D eigenvalue weighted by Crippen LogP contribution is -2.32. The van der Waals surface area contributed by atoms with E-state index in [9.17, 15) is 19.2 Å². The molecule has 11 rings (SSSR count). The molecule has 86 heavy (non-hydrogen) atoms. The van der Waals surface area contributed by atoms with Crippen LogP contribution in [-0.2, 0) is 40.6 Å². The molecule has 8 heterocycles. The highest BCUT2D eigenvalue weighted by Gasteiger charge is 2.25. The van der Waals surface area contributed by atoms with Gasteiger partial charge in [-0.25, -0.2) is 24.7 Å². The number of likely N-dealkylation sites (tertiary alicyclic amines) is 4. The van der Waals surface area contributed by atoms with Crippen LogP contribution in [0.25, 0.3) is 0 Å². The summed E-state index contributed by atoms with van der Waals surface area (Å²) in [6, 6.07) is 30.4. The lowest BCUT2D eigenvalue weighted by molar-refractivity contribution is -0.116. The molecule has 0 radical (unpaired) electrons. The standard InChI is InChI=1S/2C18H23N3OS.C17H22N4OS.C12H19N3OS/c1-13-3-5-15(6-4-13)16-7-9-21(10-8-16)12-17-11-19-18(23-17)20-14(2)22;1-14(22)20(2)18-19-12-17(23-18)13-21-10-8-16(9-11-21)15-6-4-3-5-7-15;1-18-16(22)20-17-19-11-15(23-17)12-21-9-7-14(8-10-21)13-5-3-2-4-6-13;1-9-3-5-15(6-4-9)8-11-7-13-12(17-11)14-10(2)16/h3-6,11,16H,7-10,12H2,1-2H3,(H,19,20,22);3-7,12,16H,8-11,13H2,1-2H3;2-6,11,14H,7-10,12H2,1H3,(H2,18,19,20,22);7,9H,3-6,8H2,1-2H3,(H,13,14,16). The highest BCUT2D eigenvalue weighted by Crippen LogP contribution is 2.33. The Bertz CT molecular complexity index is 3150. The van der Waals surface area contributed by atoms with Crippen molar-refractivity contribution in [3.63, 3.8) is 0 Å². The van der Waals surface area contributed by atoms with Gasteiger partial charge < -0.3 is 16.0 Å². The highest BCUT2D eigenvalue weighted by molar-refractivity contribution is 7.16. The van der Waals surface area contributed by atoms with Crippen LogP contribution in [0.1, 0.15) is 139 Å². The maximum absolute atomic E-state index is 11.4. The minimum Gasteiger partial charge on any atom is -0.341 e. The Labute approximate surface area is 525 Å². The molecule has 4 aromatic heterocycles. The van der Waals surface area contributed by atoms with Gasteiger partial charge in [0.25, 0.3) is 0 Å². The second-order valence-electron chi connectivity index (χ2n) is 23.0. The Hall–Kier alpha value is -6.30. The monoisotopic (exact) mass is 1240 g/mol. The van der Waals surface area contributed by atoms with Crippen LogP contribution in [0.3, 0.4) is 0 Å². The smallest absolute Gasteiger partial charge is 0.320 e. The summed E-state index contributed by atoms with van der Waals surface area (Å²) < 4.78 is 0. The van der Waals surface area contributed by atoms with Gasteiger partial charge in [-0.15, -0.1) is 45.3 Å². The number of nitrogens with zero attached hydrogens (tertiary/aromatic N) is 9. The van der Waals surface area contributed by atoms with Gasteiger partial charge in [-0.3, -0.25) is 44.2 Å². The van der Waals surface area contributed by atoms with Gasteiger partial charge >= 0.3 is 6.03 Å². The van der Waals surface area contributed by atoms with E-state index in [1.165, 1.54) is 120 Å². The average Bonchev–Trinajstić information content (AvgIpc) is 4.52. The summed E-state index contributed by atoms with van der Waals surface area (Å²) in [5, 5.41) is 13.6. The van der Waals surface area contributed by atoms with Crippen molar-refractivity contribution in [2.75, 3.05) is 87.3 Å². The first-order valence-electron chi connectivity index (χ1n) is 30.2. The number of thiazole rings is 4. The number of urea groups is 1. The summed E-state index contributed by atoms with van der Waals surface area (Å²) in [5.41, 5.74) is 5.73. The third kappa shape index (κ3) is 21.5. The van der Waals surface area contributed by atoms with Crippen LogP contribution in [0.2, 0.25) is 0 Å². The summed E-state index contributed by atoms with van der Waals surface area (Å²) in [6.45, 7) is 21.8. The largest absolute Gasteiger partial charge is 0.341 e. The molecule has 0 saturated carbocycles. The molecule has 4 N–H and O–H groups in total. The maximum atomic E-state index is 11.4. The fourth-order valence-electron chi connectivity index (χ4n) is 11.1. The van der Waals surface area contributed by atoms with Crippen molar-refractivity contribution in [1.29, 1.82) is 0 Å². The first-order chi connectivity index (χ1) is 41.6. The first-order valence-corrected chi connectivity index (χ1v) is 33.5. The van der Waals surface area contributed by atoms with Crippen LogP contribution in [0.15, 0.2) is 110 Å². The number of hydrogen-bond donors (Lipinski definition) is 4. The normalized spacial score (nSPS) is 16.7. The van der Waals surface area contributed by atoms with E-state index in [2.05, 4.69) is 160 Å². The zero-order valence-electron chi connectivity index (χ0n) is 51.1. The van der Waals surface area contributed by atoms with Gasteiger partial charge in [0.05, 0.1) is 0 Å². The Kier molecular flexibility index (Phi) is 25.8. The molecule has 0 unspecified atom stereocenters. The van der Waals surface area contributed by atoms with E-state index in [0.717, 1.165) is 76.5 Å². The molecule has 4 aliphatic rings. The molecule has 5 amide bonds. The molecule has 17 nitrogen and oxygen atoms in total. The molecule has 0 aliphatic carbocycles. The molecule has 4 fully saturated rings. The number of amides is 5. The fraction of sp³-hybridized carbons (Fsp3) is 0.477. The van der Waals surface area contributed by atoms with Crippen molar-refractivity contribution in [3.8, 4) is 0 Å². The Balaban J connectivity index is 0.000000150. The Morgan fingerprint density at radius 1 is 0.477 bits per heavy atom. The topological polar surface area (TPSA) is 184 Å². The zero-order valence-corrected chi connectivity index (χ0v) is 54.4. The molecular formula is C65H87N13O4S4. The highest BCUT2D eigenvalue weighted by atomic mass is 32.1. The van der Waals surface area contributed by atoms with E-state index in [4.69, 9.17) is 0 Å². The van der Waals surface area contributed by atoms with Crippen molar-refractivity contribution in [3.05, 3.63) is 151 Å². The Morgan fingerprint density at radius 3 is 1.17 bits per heavy atom. The number of carbonyl (C=O) groups is 4. The lowest BCUT2D eigenvalue weighted by atomic mass is 9.89. The van der Waals surface area contributed by atoms with E-state index >= 15 is 0 Å². The SMILES string of the molecule is CC(=O)N(C)c1ncc(CN2CCC(c3ccccc3)CC2)s1.CC(=O)Nc1ncc(CN2CCC(C)CC2)s1.CC(=O)Nc1ncc(CN2CCC(c3ccc(C)cc3)CC2)s1.CNC(=O)Nc1ncc(CN2CCC(c3ccccc3)CC2)s1. The van der Waals surface area contributed by atoms with Crippen molar-refractivity contribution >= 4 is 89.6 Å². The van der Waals surface area contributed by atoms with Crippen molar-refractivity contribution in [1.82, 2.24) is 44.9 Å². The lowest BCUT2D eigenvalue weighted by Gasteiger charge is -2.31. The molecule has 0 bridgehead atoms. The maximum Gasteiger partial charge on any atom is 0.320 e. The van der Waals surface area contributed by atoms with Crippen molar-refractivity contribution in [2.24, 2.45) is 5.92 Å². The van der Waals surface area contributed by atoms with Gasteiger partial charge in [0.2, 0.25) is 17.7 Å². The van der Waals surface area contributed by atoms with Crippen LogP contribution in [0.4, 0.5) is 25.3 Å². The second kappa shape index (κ2) is 33.7. The number of aromatic nitrogens is 4. The third-order valence-electron chi connectivity index (χ3n) is 16.2. The summed E-state index contributed by atoms with van der Waals surface area (Å²) in [4.78, 5) is 78.1. The predicted octanol–water partition coefficient (Wildman–Crippen LogP) is 12.9. The molecule has 7 aromatic rings. The molecule has 0 spiro atoms. The molecule has 0 atom stereocenters. The van der Waals surface area contributed by atoms with E-state index in [1.54, 1.807) is 71.3 Å². The van der Waals surface area contributed by atoms with Crippen LogP contribution in [-0.4, -0.2) is 130 Å². The number of hydrogen-bond acceptors (Lipinski definition) is 16. The number of nitrogens with one attached hydrogen (secondary N) is 4. The quantitative estimate of drug-likeness (QED) is 0.0763. The molecule has 460 valence electrons. The number of benzene rings is 3. The average molecular weight is 1240 g/mol. The fourth-order valence-corrected chi connectivity index (χ4v) is 14.7. The summed E-state index contributed by atoms with van der Waals surface area (Å²) in [7, 11) is 3.37. The van der Waals surface area contributed by atoms with Gasteiger partial charge in [-0.05, 0) is 151 Å². The van der Waals surface area contributed by atoms with E-state index < -0.39 is 0 Å². The van der Waals surface area contributed by atoms with Crippen LogP contribution < -0.4 is 26.2 Å². The van der Waals surface area contributed by atoms with E-state index in [-0.39, 0.29) is 23.8 Å². The van der Waals surface area contributed by atoms with Gasteiger partial charge in [-0.2, -0.15) is 0 Å². The van der Waals surface area contributed by atoms with Gasteiger partial charge in [0.1, 0.15) is 0 Å². The summed E-state index contributed by atoms with van der Waals surface area (Å²) in [6.07, 6.45) is 17.3. The summed E-state index contributed by atoms with van der Waals surface area (Å²) in [5.74, 6) is 2.82. The number of piperidine rings is 4. The minimum absolute atomic E-state index is 0.0228. The Morgan fingerprint density at radius 2 is 0.814 bits per heavy atom. The van der Waals surface area contributed by atoms with Crippen LogP contribution in [0.5, 0.6) is 0 Å².